The maximum Gasteiger partial charge on any atom is 0.323 e. The Kier molecular flexibility index (Phi) is 3.47. The standard InChI is InChI=1S/C14H16FN5O/c15-10-3-5-11(6-4-10)20-9-12(16)13(18-20)17-14(21)19-7-1-2-8-19/h3-6,9H,1-2,7-8,16H2,(H,17,18,21). The summed E-state index contributed by atoms with van der Waals surface area (Å²) in [6, 6.07) is 5.68. The number of nitrogens with zero attached hydrogens (tertiary/aromatic N) is 3. The van der Waals surface area contributed by atoms with Gasteiger partial charge in [-0.1, -0.05) is 0 Å². The summed E-state index contributed by atoms with van der Waals surface area (Å²) in [6.07, 6.45) is 3.63. The molecule has 3 rings (SSSR count). The van der Waals surface area contributed by atoms with Crippen LogP contribution in [-0.2, 0) is 0 Å². The topological polar surface area (TPSA) is 76.2 Å². The van der Waals surface area contributed by atoms with E-state index < -0.39 is 0 Å². The second-order valence-corrected chi connectivity index (χ2v) is 4.98. The summed E-state index contributed by atoms with van der Waals surface area (Å²) in [5, 5.41) is 6.94. The Morgan fingerprint density at radius 3 is 2.57 bits per heavy atom. The van der Waals surface area contributed by atoms with E-state index in [1.165, 1.54) is 16.8 Å². The fourth-order valence-electron chi connectivity index (χ4n) is 2.31. The van der Waals surface area contributed by atoms with E-state index in [1.807, 2.05) is 0 Å². The third-order valence-electron chi connectivity index (χ3n) is 3.45. The molecule has 0 unspecified atom stereocenters. The molecule has 0 saturated carbocycles. The van der Waals surface area contributed by atoms with Gasteiger partial charge in [-0.25, -0.2) is 13.9 Å². The lowest BCUT2D eigenvalue weighted by molar-refractivity contribution is 0.222. The maximum atomic E-state index is 12.9. The molecule has 0 bridgehead atoms. The second-order valence-electron chi connectivity index (χ2n) is 4.98. The second kappa shape index (κ2) is 5.43. The van der Waals surface area contributed by atoms with Gasteiger partial charge in [0.25, 0.3) is 0 Å². The molecule has 1 aromatic carbocycles. The summed E-state index contributed by atoms with van der Waals surface area (Å²) in [4.78, 5) is 13.8. The van der Waals surface area contributed by atoms with Crippen molar-refractivity contribution >= 4 is 17.5 Å². The Labute approximate surface area is 121 Å². The molecule has 1 aliphatic rings. The highest BCUT2D eigenvalue weighted by Gasteiger charge is 2.19. The van der Waals surface area contributed by atoms with Crippen LogP contribution in [-0.4, -0.2) is 33.8 Å². The highest BCUT2D eigenvalue weighted by Crippen LogP contribution is 2.20. The third kappa shape index (κ3) is 2.81. The van der Waals surface area contributed by atoms with Crippen molar-refractivity contribution < 1.29 is 9.18 Å². The first-order chi connectivity index (χ1) is 10.1. The van der Waals surface area contributed by atoms with Crippen molar-refractivity contribution in [3.63, 3.8) is 0 Å². The number of hydrogen-bond donors (Lipinski definition) is 2. The van der Waals surface area contributed by atoms with Crippen LogP contribution in [0.15, 0.2) is 30.5 Å². The molecule has 110 valence electrons. The zero-order chi connectivity index (χ0) is 14.8. The van der Waals surface area contributed by atoms with E-state index >= 15 is 0 Å². The molecule has 6 nitrogen and oxygen atoms in total. The van der Waals surface area contributed by atoms with E-state index in [2.05, 4.69) is 10.4 Å². The zero-order valence-corrected chi connectivity index (χ0v) is 11.4. The van der Waals surface area contributed by atoms with E-state index in [4.69, 9.17) is 5.73 Å². The molecule has 3 N–H and O–H groups in total. The number of carbonyl (C=O) groups excluding carboxylic acids is 1. The minimum Gasteiger partial charge on any atom is -0.394 e. The monoisotopic (exact) mass is 289 g/mol. The number of hydrogen-bond acceptors (Lipinski definition) is 3. The van der Waals surface area contributed by atoms with Gasteiger partial charge in [-0.3, -0.25) is 5.32 Å². The fourth-order valence-corrected chi connectivity index (χ4v) is 2.31. The molecule has 1 aliphatic heterocycles. The van der Waals surface area contributed by atoms with Crippen LogP contribution in [0.5, 0.6) is 0 Å². The first-order valence-corrected chi connectivity index (χ1v) is 6.80. The summed E-state index contributed by atoms with van der Waals surface area (Å²) < 4.78 is 14.4. The molecule has 0 spiro atoms. The number of urea groups is 1. The van der Waals surface area contributed by atoms with Crippen molar-refractivity contribution in [3.05, 3.63) is 36.3 Å². The highest BCUT2D eigenvalue weighted by atomic mass is 19.1. The normalized spacial score (nSPS) is 14.4. The fraction of sp³-hybridized carbons (Fsp3) is 0.286. The lowest BCUT2D eigenvalue weighted by Crippen LogP contribution is -2.32. The van der Waals surface area contributed by atoms with Crippen LogP contribution in [0.1, 0.15) is 12.8 Å². The van der Waals surface area contributed by atoms with Crippen molar-refractivity contribution in [2.75, 3.05) is 24.1 Å². The molecule has 2 amide bonds. The Morgan fingerprint density at radius 1 is 1.24 bits per heavy atom. The number of nitrogens with one attached hydrogen (secondary N) is 1. The molecule has 1 saturated heterocycles. The number of halogens is 1. The van der Waals surface area contributed by atoms with Gasteiger partial charge in [-0.2, -0.15) is 0 Å². The van der Waals surface area contributed by atoms with Gasteiger partial charge in [0.15, 0.2) is 5.82 Å². The van der Waals surface area contributed by atoms with E-state index in [0.29, 0.717) is 17.2 Å². The Hall–Kier alpha value is -2.57. The number of carbonyl (C=O) groups is 1. The number of benzene rings is 1. The summed E-state index contributed by atoms with van der Waals surface area (Å²) in [5.41, 5.74) is 6.90. The predicted molar refractivity (Wildman–Crippen MR) is 77.8 cm³/mol. The third-order valence-corrected chi connectivity index (χ3v) is 3.45. The molecule has 0 atom stereocenters. The minimum atomic E-state index is -0.318. The van der Waals surface area contributed by atoms with Gasteiger partial charge >= 0.3 is 6.03 Å². The molecule has 2 aromatic rings. The number of nitrogen functional groups attached to an aromatic ring is 1. The molecule has 1 fully saturated rings. The molecular weight excluding hydrogens is 273 g/mol. The van der Waals surface area contributed by atoms with E-state index in [-0.39, 0.29) is 11.8 Å². The molecule has 2 heterocycles. The number of anilines is 2. The summed E-state index contributed by atoms with van der Waals surface area (Å²) in [7, 11) is 0. The molecule has 1 aromatic heterocycles. The molecule has 0 radical (unpaired) electrons. The Balaban J connectivity index is 1.77. The van der Waals surface area contributed by atoms with Crippen molar-refractivity contribution in [2.45, 2.75) is 12.8 Å². The maximum absolute atomic E-state index is 12.9. The van der Waals surface area contributed by atoms with Gasteiger partial charge in [0, 0.05) is 13.1 Å². The van der Waals surface area contributed by atoms with Gasteiger partial charge in [0.1, 0.15) is 5.82 Å². The van der Waals surface area contributed by atoms with Gasteiger partial charge in [0.2, 0.25) is 0 Å². The van der Waals surface area contributed by atoms with Crippen molar-refractivity contribution in [1.82, 2.24) is 14.7 Å². The molecule has 7 heteroatoms. The number of likely N-dealkylation sites (tertiary alicyclic amines) is 1. The van der Waals surface area contributed by atoms with Crippen LogP contribution >= 0.6 is 0 Å². The van der Waals surface area contributed by atoms with Gasteiger partial charge < -0.3 is 10.6 Å². The average molecular weight is 289 g/mol. The van der Waals surface area contributed by atoms with Crippen LogP contribution in [0.4, 0.5) is 20.7 Å². The number of amides is 2. The summed E-state index contributed by atoms with van der Waals surface area (Å²) in [6.45, 7) is 1.51. The first-order valence-electron chi connectivity index (χ1n) is 6.80. The van der Waals surface area contributed by atoms with Crippen LogP contribution in [0.3, 0.4) is 0 Å². The van der Waals surface area contributed by atoms with Crippen molar-refractivity contribution in [2.24, 2.45) is 0 Å². The largest absolute Gasteiger partial charge is 0.394 e. The molecular formula is C14H16FN5O. The molecule has 21 heavy (non-hydrogen) atoms. The first kappa shape index (κ1) is 13.4. The van der Waals surface area contributed by atoms with E-state index in [0.717, 1.165) is 25.9 Å². The van der Waals surface area contributed by atoms with Gasteiger partial charge in [-0.15, -0.1) is 5.10 Å². The van der Waals surface area contributed by atoms with Crippen molar-refractivity contribution in [3.8, 4) is 5.69 Å². The zero-order valence-electron chi connectivity index (χ0n) is 11.4. The lowest BCUT2D eigenvalue weighted by Gasteiger charge is -2.15. The van der Waals surface area contributed by atoms with Crippen LogP contribution in [0.2, 0.25) is 0 Å². The van der Waals surface area contributed by atoms with E-state index in [1.54, 1.807) is 23.2 Å². The van der Waals surface area contributed by atoms with Gasteiger partial charge in [-0.05, 0) is 37.1 Å². The average Bonchev–Trinajstić information content (AvgIpc) is 3.10. The number of aromatic nitrogens is 2. The Morgan fingerprint density at radius 2 is 1.90 bits per heavy atom. The van der Waals surface area contributed by atoms with Crippen LogP contribution < -0.4 is 11.1 Å². The van der Waals surface area contributed by atoms with E-state index in [9.17, 15) is 9.18 Å². The number of rotatable bonds is 2. The van der Waals surface area contributed by atoms with Gasteiger partial charge in [0.05, 0.1) is 17.6 Å². The van der Waals surface area contributed by atoms with Crippen molar-refractivity contribution in [1.29, 1.82) is 0 Å². The lowest BCUT2D eigenvalue weighted by atomic mass is 10.3. The summed E-state index contributed by atoms with van der Waals surface area (Å²) >= 11 is 0. The minimum absolute atomic E-state index is 0.191. The molecule has 0 aliphatic carbocycles. The quantitative estimate of drug-likeness (QED) is 0.890. The summed E-state index contributed by atoms with van der Waals surface area (Å²) in [5.74, 6) is -0.00216. The smallest absolute Gasteiger partial charge is 0.323 e. The van der Waals surface area contributed by atoms with Crippen LogP contribution in [0, 0.1) is 5.82 Å². The predicted octanol–water partition coefficient (Wildman–Crippen LogP) is 2.22. The van der Waals surface area contributed by atoms with Crippen LogP contribution in [0.25, 0.3) is 5.69 Å². The number of nitrogens with two attached hydrogens (primary N) is 1. The Bertz CT molecular complexity index is 646. The SMILES string of the molecule is Nc1cn(-c2ccc(F)cc2)nc1NC(=O)N1CCCC1. The highest BCUT2D eigenvalue weighted by molar-refractivity contribution is 5.91.